The van der Waals surface area contributed by atoms with E-state index in [2.05, 4.69) is 18.2 Å². The van der Waals surface area contributed by atoms with Crippen LogP contribution in [0.1, 0.15) is 23.5 Å². The van der Waals surface area contributed by atoms with E-state index in [4.69, 9.17) is 11.1 Å². The summed E-state index contributed by atoms with van der Waals surface area (Å²) in [6, 6.07) is 6.22. The van der Waals surface area contributed by atoms with Crippen molar-refractivity contribution in [2.75, 3.05) is 5.73 Å². The summed E-state index contributed by atoms with van der Waals surface area (Å²) in [6.45, 7) is 0. The molecule has 3 N–H and O–H groups in total. The average molecular weight is 198 g/mol. The van der Waals surface area contributed by atoms with E-state index in [9.17, 15) is 0 Å². The fourth-order valence-electron chi connectivity index (χ4n) is 2.82. The van der Waals surface area contributed by atoms with E-state index in [1.807, 2.05) is 12.1 Å². The molecule has 1 aromatic rings. The minimum absolute atomic E-state index is 0.523. The number of nitrogens with two attached hydrogens (primary N) is 1. The summed E-state index contributed by atoms with van der Waals surface area (Å²) in [5.74, 6) is 1.12. The predicted octanol–water partition coefficient (Wildman–Crippen LogP) is 2.50. The van der Waals surface area contributed by atoms with E-state index < -0.39 is 0 Å². The lowest BCUT2D eigenvalue weighted by molar-refractivity contribution is 0.527. The number of nitrogen functional groups attached to an aromatic ring is 1. The Morgan fingerprint density at radius 2 is 2.13 bits per heavy atom. The van der Waals surface area contributed by atoms with Gasteiger partial charge in [-0.05, 0) is 48.1 Å². The number of nitrogens with one attached hydrogen (secondary N) is 1. The van der Waals surface area contributed by atoms with E-state index in [1.54, 1.807) is 0 Å². The molecule has 2 nitrogen and oxygen atoms in total. The summed E-state index contributed by atoms with van der Waals surface area (Å²) in [4.78, 5) is 0. The predicted molar refractivity (Wildman–Crippen MR) is 62.3 cm³/mol. The molecule has 1 aromatic carbocycles. The van der Waals surface area contributed by atoms with Gasteiger partial charge in [0.2, 0.25) is 0 Å². The minimum atomic E-state index is 0.523. The smallest absolute Gasteiger partial charge is 0.0316 e. The number of hydrogen-bond donors (Lipinski definition) is 2. The fourth-order valence-corrected chi connectivity index (χ4v) is 2.82. The number of benzene rings is 1. The molecule has 0 radical (unpaired) electrons. The maximum absolute atomic E-state index is 7.68. The number of fused-ring (bicyclic) bond motifs is 3. The second kappa shape index (κ2) is 2.96. The van der Waals surface area contributed by atoms with Gasteiger partial charge in [0.1, 0.15) is 0 Å². The van der Waals surface area contributed by atoms with Crippen LogP contribution in [-0.4, -0.2) is 5.71 Å². The lowest BCUT2D eigenvalue weighted by Gasteiger charge is -2.20. The molecule has 2 heteroatoms. The summed E-state index contributed by atoms with van der Waals surface area (Å²) in [5, 5.41) is 7.68. The maximum atomic E-state index is 7.68. The van der Waals surface area contributed by atoms with Gasteiger partial charge in [-0.1, -0.05) is 12.1 Å². The first-order valence-electron chi connectivity index (χ1n) is 5.38. The molecule has 0 amide bonds. The van der Waals surface area contributed by atoms with Crippen molar-refractivity contribution in [3.05, 3.63) is 41.5 Å². The summed E-state index contributed by atoms with van der Waals surface area (Å²) in [6.07, 6.45) is 6.12. The Kier molecular flexibility index (Phi) is 1.72. The molecule has 0 saturated carbocycles. The van der Waals surface area contributed by atoms with Gasteiger partial charge in [-0.15, -0.1) is 0 Å². The monoisotopic (exact) mass is 198 g/mol. The zero-order chi connectivity index (χ0) is 10.4. The third-order valence-corrected chi connectivity index (χ3v) is 3.50. The van der Waals surface area contributed by atoms with E-state index in [0.29, 0.717) is 11.8 Å². The molecule has 0 fully saturated rings. The van der Waals surface area contributed by atoms with Crippen molar-refractivity contribution in [1.29, 1.82) is 5.41 Å². The van der Waals surface area contributed by atoms with Crippen molar-refractivity contribution in [3.8, 4) is 0 Å². The Morgan fingerprint density at radius 3 is 3.00 bits per heavy atom. The van der Waals surface area contributed by atoms with Gasteiger partial charge in [-0.3, -0.25) is 0 Å². The lowest BCUT2D eigenvalue weighted by Crippen LogP contribution is -2.14. The lowest BCUT2D eigenvalue weighted by atomic mass is 9.84. The molecule has 2 unspecified atom stereocenters. The first-order chi connectivity index (χ1) is 7.24. The van der Waals surface area contributed by atoms with Crippen LogP contribution in [0.15, 0.2) is 30.4 Å². The van der Waals surface area contributed by atoms with Crippen LogP contribution < -0.4 is 5.73 Å². The SMILES string of the molecule is N=C1C=CC2c3ccc(N)cc3CC2C1. The Hall–Kier alpha value is -1.57. The van der Waals surface area contributed by atoms with Gasteiger partial charge >= 0.3 is 0 Å². The molecule has 2 aliphatic rings. The van der Waals surface area contributed by atoms with Crippen molar-refractivity contribution >= 4 is 11.4 Å². The number of anilines is 1. The van der Waals surface area contributed by atoms with Crippen LogP contribution in [0.4, 0.5) is 5.69 Å². The van der Waals surface area contributed by atoms with Crippen molar-refractivity contribution in [3.63, 3.8) is 0 Å². The zero-order valence-corrected chi connectivity index (χ0v) is 8.53. The molecule has 0 heterocycles. The third kappa shape index (κ3) is 1.29. The van der Waals surface area contributed by atoms with Crippen LogP contribution in [-0.2, 0) is 6.42 Å². The average Bonchev–Trinajstić information content (AvgIpc) is 2.53. The Balaban J connectivity index is 2.06. The fraction of sp³-hybridized carbons (Fsp3) is 0.308. The first-order valence-corrected chi connectivity index (χ1v) is 5.38. The highest BCUT2D eigenvalue weighted by Gasteiger charge is 2.33. The molecule has 0 aromatic heterocycles. The summed E-state index contributed by atoms with van der Waals surface area (Å²) in [5.41, 5.74) is 10.2. The molecule has 0 bridgehead atoms. The topological polar surface area (TPSA) is 49.9 Å². The minimum Gasteiger partial charge on any atom is -0.399 e. The molecule has 3 rings (SSSR count). The Bertz CT molecular complexity index is 460. The van der Waals surface area contributed by atoms with Crippen molar-refractivity contribution < 1.29 is 0 Å². The van der Waals surface area contributed by atoms with Crippen LogP contribution >= 0.6 is 0 Å². The third-order valence-electron chi connectivity index (χ3n) is 3.50. The van der Waals surface area contributed by atoms with E-state index in [0.717, 1.165) is 24.2 Å². The molecule has 76 valence electrons. The number of rotatable bonds is 0. The van der Waals surface area contributed by atoms with Crippen LogP contribution in [0.2, 0.25) is 0 Å². The van der Waals surface area contributed by atoms with Gasteiger partial charge in [0.25, 0.3) is 0 Å². The highest BCUT2D eigenvalue weighted by molar-refractivity contribution is 5.93. The second-order valence-electron chi connectivity index (χ2n) is 4.54. The number of allylic oxidation sites excluding steroid dienone is 2. The van der Waals surface area contributed by atoms with Crippen molar-refractivity contribution in [1.82, 2.24) is 0 Å². The van der Waals surface area contributed by atoms with Crippen LogP contribution in [0, 0.1) is 11.3 Å². The van der Waals surface area contributed by atoms with Gasteiger partial charge in [0, 0.05) is 17.3 Å². The largest absolute Gasteiger partial charge is 0.399 e. The van der Waals surface area contributed by atoms with Gasteiger partial charge in [-0.25, -0.2) is 0 Å². The van der Waals surface area contributed by atoms with Crippen molar-refractivity contribution in [2.24, 2.45) is 5.92 Å². The summed E-state index contributed by atoms with van der Waals surface area (Å²) >= 11 is 0. The van der Waals surface area contributed by atoms with Gasteiger partial charge in [0.15, 0.2) is 0 Å². The normalized spacial score (nSPS) is 27.6. The standard InChI is InChI=1S/C13H14N2/c14-10-1-3-12-8(6-10)5-9-7-11(15)2-4-13(9)12/h1-4,6,9,13,15H,5,7,14H2. The molecule has 0 saturated heterocycles. The molecule has 2 aliphatic carbocycles. The molecule has 0 spiro atoms. The van der Waals surface area contributed by atoms with Crippen LogP contribution in [0.5, 0.6) is 0 Å². The summed E-state index contributed by atoms with van der Waals surface area (Å²) in [7, 11) is 0. The summed E-state index contributed by atoms with van der Waals surface area (Å²) < 4.78 is 0. The van der Waals surface area contributed by atoms with Gasteiger partial charge in [0.05, 0.1) is 0 Å². The van der Waals surface area contributed by atoms with E-state index >= 15 is 0 Å². The molecule has 0 aliphatic heterocycles. The van der Waals surface area contributed by atoms with Crippen LogP contribution in [0.25, 0.3) is 0 Å². The molecular weight excluding hydrogens is 184 g/mol. The van der Waals surface area contributed by atoms with E-state index in [1.165, 1.54) is 11.1 Å². The molecular formula is C13H14N2. The molecule has 15 heavy (non-hydrogen) atoms. The van der Waals surface area contributed by atoms with Crippen LogP contribution in [0.3, 0.4) is 0 Å². The highest BCUT2D eigenvalue weighted by atomic mass is 14.5. The Morgan fingerprint density at radius 1 is 1.27 bits per heavy atom. The van der Waals surface area contributed by atoms with Gasteiger partial charge in [-0.2, -0.15) is 0 Å². The van der Waals surface area contributed by atoms with E-state index in [-0.39, 0.29) is 0 Å². The number of hydrogen-bond acceptors (Lipinski definition) is 2. The molecule has 2 atom stereocenters. The van der Waals surface area contributed by atoms with Gasteiger partial charge < -0.3 is 11.1 Å². The zero-order valence-electron chi connectivity index (χ0n) is 8.53. The first kappa shape index (κ1) is 8.72. The quantitative estimate of drug-likeness (QED) is 0.618. The maximum Gasteiger partial charge on any atom is 0.0316 e. The highest BCUT2D eigenvalue weighted by Crippen LogP contribution is 2.43. The Labute approximate surface area is 89.3 Å². The van der Waals surface area contributed by atoms with Crippen molar-refractivity contribution in [2.45, 2.75) is 18.8 Å². The second-order valence-corrected chi connectivity index (χ2v) is 4.54.